The van der Waals surface area contributed by atoms with Crippen LogP contribution in [0.25, 0.3) is 11.1 Å². The minimum absolute atomic E-state index is 0.177. The summed E-state index contributed by atoms with van der Waals surface area (Å²) < 4.78 is 5.19. The summed E-state index contributed by atoms with van der Waals surface area (Å²) in [5.74, 6) is -1.55. The summed E-state index contributed by atoms with van der Waals surface area (Å²) in [7, 11) is 0. The fraction of sp³-hybridized carbons (Fsp3) is 0.273. The molecular formula is C11H11NO4. The average Bonchev–Trinajstić information content (AvgIpc) is 2.70. The molecule has 0 amide bonds. The number of oxazole rings is 1. The summed E-state index contributed by atoms with van der Waals surface area (Å²) in [6.07, 6.45) is -0.941. The Morgan fingerprint density at radius 3 is 2.94 bits per heavy atom. The van der Waals surface area contributed by atoms with Crippen LogP contribution in [0.4, 0.5) is 0 Å². The lowest BCUT2D eigenvalue weighted by atomic mass is 10.1. The van der Waals surface area contributed by atoms with Gasteiger partial charge in [-0.25, -0.2) is 9.78 Å². The van der Waals surface area contributed by atoms with Crippen LogP contribution in [-0.2, 0) is 11.2 Å². The SMILES string of the molecule is CCc1cccc2oc(C(O)C(=O)O)nc12. The van der Waals surface area contributed by atoms with Crippen molar-refractivity contribution in [3.05, 3.63) is 29.7 Å². The standard InChI is InChI=1S/C11H11NO4/c1-2-6-4-3-5-7-8(6)12-10(16-7)9(13)11(14)15/h3-5,9,13H,2H2,1H3,(H,14,15). The van der Waals surface area contributed by atoms with E-state index in [2.05, 4.69) is 4.98 Å². The molecule has 0 saturated heterocycles. The number of benzene rings is 1. The van der Waals surface area contributed by atoms with Crippen molar-refractivity contribution in [1.29, 1.82) is 0 Å². The normalized spacial score (nSPS) is 12.9. The molecule has 2 N–H and O–H groups in total. The van der Waals surface area contributed by atoms with E-state index in [1.807, 2.05) is 19.1 Å². The van der Waals surface area contributed by atoms with Gasteiger partial charge in [0, 0.05) is 0 Å². The molecule has 0 bridgehead atoms. The van der Waals surface area contributed by atoms with Gasteiger partial charge in [0.05, 0.1) is 0 Å². The number of carbonyl (C=O) groups is 1. The van der Waals surface area contributed by atoms with Crippen LogP contribution in [0, 0.1) is 0 Å². The largest absolute Gasteiger partial charge is 0.479 e. The van der Waals surface area contributed by atoms with E-state index in [1.165, 1.54) is 0 Å². The van der Waals surface area contributed by atoms with Gasteiger partial charge in [0.25, 0.3) is 0 Å². The number of fused-ring (bicyclic) bond motifs is 1. The van der Waals surface area contributed by atoms with Gasteiger partial charge in [-0.15, -0.1) is 0 Å². The molecule has 0 fully saturated rings. The molecule has 1 aromatic carbocycles. The van der Waals surface area contributed by atoms with E-state index in [0.29, 0.717) is 11.1 Å². The number of aliphatic hydroxyl groups is 1. The minimum atomic E-state index is -1.71. The molecule has 0 saturated carbocycles. The molecule has 0 radical (unpaired) electrons. The topological polar surface area (TPSA) is 83.6 Å². The smallest absolute Gasteiger partial charge is 0.342 e. The van der Waals surface area contributed by atoms with Gasteiger partial charge >= 0.3 is 5.97 Å². The van der Waals surface area contributed by atoms with E-state index in [9.17, 15) is 9.90 Å². The van der Waals surface area contributed by atoms with Crippen molar-refractivity contribution in [2.45, 2.75) is 19.4 Å². The Hall–Kier alpha value is -1.88. The van der Waals surface area contributed by atoms with Crippen molar-refractivity contribution in [2.75, 3.05) is 0 Å². The number of hydrogen-bond acceptors (Lipinski definition) is 4. The third kappa shape index (κ3) is 1.65. The van der Waals surface area contributed by atoms with Crippen molar-refractivity contribution in [3.8, 4) is 0 Å². The Morgan fingerprint density at radius 2 is 2.31 bits per heavy atom. The van der Waals surface area contributed by atoms with Crippen LogP contribution < -0.4 is 0 Å². The first-order chi connectivity index (χ1) is 7.63. The highest BCUT2D eigenvalue weighted by molar-refractivity contribution is 5.78. The Balaban J connectivity index is 2.55. The predicted octanol–water partition coefficient (Wildman–Crippen LogP) is 1.51. The van der Waals surface area contributed by atoms with Gasteiger partial charge in [-0.1, -0.05) is 19.1 Å². The van der Waals surface area contributed by atoms with Gasteiger partial charge in [0.15, 0.2) is 5.58 Å². The second-order valence-electron chi connectivity index (χ2n) is 3.41. The number of carboxylic acid groups (broad SMARTS) is 1. The number of rotatable bonds is 3. The summed E-state index contributed by atoms with van der Waals surface area (Å²) in [6, 6.07) is 5.39. The monoisotopic (exact) mass is 221 g/mol. The number of aromatic nitrogens is 1. The second kappa shape index (κ2) is 3.94. The van der Waals surface area contributed by atoms with Gasteiger partial charge in [0.2, 0.25) is 12.0 Å². The van der Waals surface area contributed by atoms with Crippen molar-refractivity contribution in [2.24, 2.45) is 0 Å². The Bertz CT molecular complexity index is 532. The van der Waals surface area contributed by atoms with E-state index >= 15 is 0 Å². The van der Waals surface area contributed by atoms with Crippen LogP contribution in [0.3, 0.4) is 0 Å². The maximum absolute atomic E-state index is 10.6. The Kier molecular flexibility index (Phi) is 2.62. The van der Waals surface area contributed by atoms with E-state index < -0.39 is 12.1 Å². The number of aliphatic hydroxyl groups excluding tert-OH is 1. The van der Waals surface area contributed by atoms with Gasteiger partial charge in [0.1, 0.15) is 5.52 Å². The number of aliphatic carboxylic acids is 1. The summed E-state index contributed by atoms with van der Waals surface area (Å²) >= 11 is 0. The summed E-state index contributed by atoms with van der Waals surface area (Å²) in [5, 5.41) is 17.9. The first-order valence-corrected chi connectivity index (χ1v) is 4.92. The van der Waals surface area contributed by atoms with Crippen LogP contribution in [0.1, 0.15) is 24.5 Å². The number of hydrogen-bond donors (Lipinski definition) is 2. The van der Waals surface area contributed by atoms with E-state index in [0.717, 1.165) is 12.0 Å². The van der Waals surface area contributed by atoms with Crippen molar-refractivity contribution in [1.82, 2.24) is 4.98 Å². The predicted molar refractivity (Wildman–Crippen MR) is 56.0 cm³/mol. The molecule has 5 nitrogen and oxygen atoms in total. The molecule has 1 heterocycles. The third-order valence-electron chi connectivity index (χ3n) is 2.37. The Morgan fingerprint density at radius 1 is 1.56 bits per heavy atom. The molecular weight excluding hydrogens is 210 g/mol. The highest BCUT2D eigenvalue weighted by Gasteiger charge is 2.22. The van der Waals surface area contributed by atoms with E-state index in [-0.39, 0.29) is 5.89 Å². The van der Waals surface area contributed by atoms with Crippen LogP contribution in [-0.4, -0.2) is 21.2 Å². The minimum Gasteiger partial charge on any atom is -0.479 e. The molecule has 5 heteroatoms. The van der Waals surface area contributed by atoms with Gasteiger partial charge in [-0.05, 0) is 18.1 Å². The summed E-state index contributed by atoms with van der Waals surface area (Å²) in [4.78, 5) is 14.6. The third-order valence-corrected chi connectivity index (χ3v) is 2.37. The molecule has 84 valence electrons. The highest BCUT2D eigenvalue weighted by Crippen LogP contribution is 2.23. The molecule has 1 atom stereocenters. The molecule has 0 aliphatic carbocycles. The maximum atomic E-state index is 10.6. The number of carboxylic acids is 1. The van der Waals surface area contributed by atoms with Crippen LogP contribution in [0.5, 0.6) is 0 Å². The van der Waals surface area contributed by atoms with Crippen molar-refractivity contribution < 1.29 is 19.4 Å². The van der Waals surface area contributed by atoms with Crippen LogP contribution in [0.15, 0.2) is 22.6 Å². The zero-order valence-corrected chi connectivity index (χ0v) is 8.67. The molecule has 1 aromatic heterocycles. The quantitative estimate of drug-likeness (QED) is 0.820. The maximum Gasteiger partial charge on any atom is 0.342 e. The molecule has 2 rings (SSSR count). The number of aryl methyl sites for hydroxylation is 1. The van der Waals surface area contributed by atoms with Crippen molar-refractivity contribution in [3.63, 3.8) is 0 Å². The zero-order valence-electron chi connectivity index (χ0n) is 8.67. The summed E-state index contributed by atoms with van der Waals surface area (Å²) in [6.45, 7) is 1.97. The first kappa shape index (κ1) is 10.6. The molecule has 0 aliphatic heterocycles. The molecule has 1 unspecified atom stereocenters. The second-order valence-corrected chi connectivity index (χ2v) is 3.41. The summed E-state index contributed by atoms with van der Waals surface area (Å²) in [5.41, 5.74) is 2.07. The Labute approximate surface area is 91.3 Å². The molecule has 0 spiro atoms. The van der Waals surface area contributed by atoms with Crippen molar-refractivity contribution >= 4 is 17.1 Å². The zero-order chi connectivity index (χ0) is 11.7. The lowest BCUT2D eigenvalue weighted by molar-refractivity contribution is -0.148. The van der Waals surface area contributed by atoms with Crippen LogP contribution >= 0.6 is 0 Å². The molecule has 0 aliphatic rings. The fourth-order valence-electron chi connectivity index (χ4n) is 1.53. The van der Waals surface area contributed by atoms with E-state index in [1.54, 1.807) is 6.07 Å². The lowest BCUT2D eigenvalue weighted by Gasteiger charge is -1.97. The fourth-order valence-corrected chi connectivity index (χ4v) is 1.53. The van der Waals surface area contributed by atoms with Gasteiger partial charge in [-0.3, -0.25) is 0 Å². The van der Waals surface area contributed by atoms with E-state index in [4.69, 9.17) is 9.52 Å². The average molecular weight is 221 g/mol. The molecule has 16 heavy (non-hydrogen) atoms. The first-order valence-electron chi connectivity index (χ1n) is 4.92. The van der Waals surface area contributed by atoms with Gasteiger partial charge in [-0.2, -0.15) is 0 Å². The van der Waals surface area contributed by atoms with Gasteiger partial charge < -0.3 is 14.6 Å². The lowest BCUT2D eigenvalue weighted by Crippen LogP contribution is -2.10. The highest BCUT2D eigenvalue weighted by atomic mass is 16.4. The van der Waals surface area contributed by atoms with Crippen LogP contribution in [0.2, 0.25) is 0 Å². The number of para-hydroxylation sites is 1. The molecule has 2 aromatic rings. The number of nitrogens with zero attached hydrogens (tertiary/aromatic N) is 1.